The van der Waals surface area contributed by atoms with Crippen LogP contribution in [0.3, 0.4) is 0 Å². The number of rotatable bonds is 6. The predicted octanol–water partition coefficient (Wildman–Crippen LogP) is 5.13. The van der Waals surface area contributed by atoms with E-state index in [1.807, 2.05) is 12.1 Å². The molecule has 0 spiro atoms. The molecule has 0 aliphatic heterocycles. The average molecular weight is 478 g/mol. The molecule has 3 nitrogen and oxygen atoms in total. The molecule has 0 saturated carbocycles. The lowest BCUT2D eigenvalue weighted by atomic mass is 10.3. The van der Waals surface area contributed by atoms with Crippen LogP contribution in [-0.4, -0.2) is 16.5 Å². The first-order chi connectivity index (χ1) is 10.1. The number of halogens is 2. The fraction of sp³-hybridized carbons (Fsp3) is 0.333. The smallest absolute Gasteiger partial charge is 0.143 e. The highest BCUT2D eigenvalue weighted by molar-refractivity contribution is 14.1. The van der Waals surface area contributed by atoms with Gasteiger partial charge in [0.05, 0.1) is 15.0 Å². The monoisotopic (exact) mass is 477 g/mol. The second-order valence-electron chi connectivity index (χ2n) is 4.38. The molecule has 0 atom stereocenters. The first kappa shape index (κ1) is 17.0. The van der Waals surface area contributed by atoms with Gasteiger partial charge in [0.1, 0.15) is 11.6 Å². The van der Waals surface area contributed by atoms with Gasteiger partial charge in [-0.15, -0.1) is 11.8 Å². The molecular weight excluding hydrogens is 461 g/mol. The molecule has 0 aliphatic rings. The standard InChI is InChI=1S/C15H17BrIN3S/c1-3-12-14(17)15(18-4-2)20-13(19-12)9-21-11-7-5-6-10(16)8-11/h5-8H,3-4,9H2,1-2H3,(H,18,19,20). The summed E-state index contributed by atoms with van der Waals surface area (Å²) in [6, 6.07) is 8.30. The molecule has 2 aromatic rings. The maximum Gasteiger partial charge on any atom is 0.143 e. The van der Waals surface area contributed by atoms with Crippen LogP contribution in [-0.2, 0) is 12.2 Å². The van der Waals surface area contributed by atoms with Gasteiger partial charge in [0.2, 0.25) is 0 Å². The summed E-state index contributed by atoms with van der Waals surface area (Å²) in [6.45, 7) is 5.08. The van der Waals surface area contributed by atoms with E-state index in [1.165, 1.54) is 4.90 Å². The molecule has 1 N–H and O–H groups in total. The summed E-state index contributed by atoms with van der Waals surface area (Å²) in [6.07, 6.45) is 0.924. The number of aromatic nitrogens is 2. The zero-order valence-corrected chi connectivity index (χ0v) is 16.5. The van der Waals surface area contributed by atoms with Crippen molar-refractivity contribution in [1.82, 2.24) is 9.97 Å². The van der Waals surface area contributed by atoms with Crippen molar-refractivity contribution < 1.29 is 0 Å². The van der Waals surface area contributed by atoms with Crippen LogP contribution >= 0.6 is 50.3 Å². The zero-order valence-electron chi connectivity index (χ0n) is 12.0. The predicted molar refractivity (Wildman–Crippen MR) is 102 cm³/mol. The van der Waals surface area contributed by atoms with Gasteiger partial charge in [0.15, 0.2) is 0 Å². The van der Waals surface area contributed by atoms with Gasteiger partial charge in [0.25, 0.3) is 0 Å². The Morgan fingerprint density at radius 1 is 1.29 bits per heavy atom. The number of aryl methyl sites for hydroxylation is 1. The molecule has 6 heteroatoms. The van der Waals surface area contributed by atoms with Gasteiger partial charge < -0.3 is 5.32 Å². The summed E-state index contributed by atoms with van der Waals surface area (Å²) in [5.41, 5.74) is 1.12. The Hall–Kier alpha value is -0.340. The summed E-state index contributed by atoms with van der Waals surface area (Å²) < 4.78 is 2.23. The lowest BCUT2D eigenvalue weighted by molar-refractivity contribution is 0.923. The number of thioether (sulfide) groups is 1. The van der Waals surface area contributed by atoms with Crippen molar-refractivity contribution in [2.75, 3.05) is 11.9 Å². The third-order valence-electron chi connectivity index (χ3n) is 2.81. The van der Waals surface area contributed by atoms with Gasteiger partial charge in [-0.05, 0) is 54.1 Å². The Bertz CT molecular complexity index is 622. The molecule has 0 bridgehead atoms. The quantitative estimate of drug-likeness (QED) is 0.462. The maximum absolute atomic E-state index is 4.68. The highest BCUT2D eigenvalue weighted by Gasteiger charge is 2.10. The van der Waals surface area contributed by atoms with Gasteiger partial charge >= 0.3 is 0 Å². The van der Waals surface area contributed by atoms with Crippen LogP contribution in [0.25, 0.3) is 0 Å². The second kappa shape index (κ2) is 8.33. The van der Waals surface area contributed by atoms with E-state index in [-0.39, 0.29) is 0 Å². The molecule has 0 radical (unpaired) electrons. The molecule has 0 unspecified atom stereocenters. The Morgan fingerprint density at radius 3 is 2.76 bits per heavy atom. The topological polar surface area (TPSA) is 37.8 Å². The van der Waals surface area contributed by atoms with Crippen LogP contribution in [0.1, 0.15) is 25.4 Å². The first-order valence-electron chi connectivity index (χ1n) is 6.81. The highest BCUT2D eigenvalue weighted by Crippen LogP contribution is 2.26. The summed E-state index contributed by atoms with van der Waals surface area (Å²) in [4.78, 5) is 10.5. The van der Waals surface area contributed by atoms with Crippen molar-refractivity contribution in [3.05, 3.63) is 43.8 Å². The van der Waals surface area contributed by atoms with Crippen molar-refractivity contribution in [2.45, 2.75) is 30.9 Å². The largest absolute Gasteiger partial charge is 0.369 e. The van der Waals surface area contributed by atoms with E-state index >= 15 is 0 Å². The lowest BCUT2D eigenvalue weighted by Crippen LogP contribution is -2.09. The maximum atomic E-state index is 4.68. The number of hydrogen-bond donors (Lipinski definition) is 1. The zero-order chi connectivity index (χ0) is 15.2. The number of hydrogen-bond acceptors (Lipinski definition) is 4. The van der Waals surface area contributed by atoms with Crippen LogP contribution in [0.4, 0.5) is 5.82 Å². The van der Waals surface area contributed by atoms with Crippen LogP contribution in [0.2, 0.25) is 0 Å². The Morgan fingerprint density at radius 2 is 2.10 bits per heavy atom. The SMILES string of the molecule is CCNc1nc(CSc2cccc(Br)c2)nc(CC)c1I. The van der Waals surface area contributed by atoms with Gasteiger partial charge in [-0.2, -0.15) is 0 Å². The van der Waals surface area contributed by atoms with Crippen LogP contribution < -0.4 is 5.32 Å². The van der Waals surface area contributed by atoms with E-state index in [1.54, 1.807) is 11.8 Å². The third-order valence-corrected chi connectivity index (χ3v) is 5.43. The summed E-state index contributed by atoms with van der Waals surface area (Å²) in [5, 5.41) is 3.32. The van der Waals surface area contributed by atoms with Crippen molar-refractivity contribution in [3.8, 4) is 0 Å². The molecule has 1 aromatic heterocycles. The molecule has 0 saturated heterocycles. The highest BCUT2D eigenvalue weighted by atomic mass is 127. The van der Waals surface area contributed by atoms with Crippen molar-refractivity contribution in [3.63, 3.8) is 0 Å². The fourth-order valence-corrected chi connectivity index (χ4v) is 4.01. The summed E-state index contributed by atoms with van der Waals surface area (Å²) in [5.74, 6) is 2.61. The number of nitrogens with one attached hydrogen (secondary N) is 1. The van der Waals surface area contributed by atoms with Gasteiger partial charge in [-0.1, -0.05) is 28.9 Å². The third kappa shape index (κ3) is 4.82. The fourth-order valence-electron chi connectivity index (χ4n) is 1.83. The number of nitrogens with zero attached hydrogens (tertiary/aromatic N) is 2. The summed E-state index contributed by atoms with van der Waals surface area (Å²) in [7, 11) is 0. The van der Waals surface area contributed by atoms with Crippen molar-refractivity contribution in [1.29, 1.82) is 0 Å². The molecule has 1 heterocycles. The van der Waals surface area contributed by atoms with E-state index < -0.39 is 0 Å². The van der Waals surface area contributed by atoms with Crippen LogP contribution in [0, 0.1) is 3.57 Å². The van der Waals surface area contributed by atoms with Crippen LogP contribution in [0.5, 0.6) is 0 Å². The Kier molecular flexibility index (Phi) is 6.75. The molecule has 0 amide bonds. The Labute approximate surface area is 152 Å². The first-order valence-corrected chi connectivity index (χ1v) is 9.67. The number of anilines is 1. The minimum Gasteiger partial charge on any atom is -0.369 e. The average Bonchev–Trinajstić information content (AvgIpc) is 2.48. The van der Waals surface area contributed by atoms with Gasteiger partial charge in [-0.25, -0.2) is 9.97 Å². The minimum atomic E-state index is 0.777. The van der Waals surface area contributed by atoms with Crippen LogP contribution in [0.15, 0.2) is 33.6 Å². The van der Waals surface area contributed by atoms with Crippen molar-refractivity contribution >= 4 is 56.1 Å². The molecule has 0 aliphatic carbocycles. The van der Waals surface area contributed by atoms with E-state index in [9.17, 15) is 0 Å². The van der Waals surface area contributed by atoms with E-state index in [0.717, 1.165) is 44.1 Å². The lowest BCUT2D eigenvalue weighted by Gasteiger charge is -2.11. The molecule has 21 heavy (non-hydrogen) atoms. The minimum absolute atomic E-state index is 0.777. The normalized spacial score (nSPS) is 10.7. The number of benzene rings is 1. The molecule has 1 aromatic carbocycles. The van der Waals surface area contributed by atoms with Gasteiger partial charge in [-0.3, -0.25) is 0 Å². The van der Waals surface area contributed by atoms with E-state index in [2.05, 4.69) is 79.8 Å². The van der Waals surface area contributed by atoms with Gasteiger partial charge in [0, 0.05) is 15.9 Å². The van der Waals surface area contributed by atoms with Crippen molar-refractivity contribution in [2.24, 2.45) is 0 Å². The van der Waals surface area contributed by atoms with E-state index in [4.69, 9.17) is 0 Å². The van der Waals surface area contributed by atoms with E-state index in [0.29, 0.717) is 0 Å². The Balaban J connectivity index is 2.17. The molecule has 2 rings (SSSR count). The summed E-state index contributed by atoms with van der Waals surface area (Å²) >= 11 is 7.58. The second-order valence-corrected chi connectivity index (χ2v) is 7.42. The molecule has 0 fully saturated rings. The molecular formula is C15H17BrIN3S. The molecule has 112 valence electrons.